The molecule has 1 N–H and O–H groups in total. The standard InChI is InChI=1S/C16H19ClN2O4S/c1-2-3-4-5-16(20)18-13-6-7-14(17)15(12-13)24(21,22)19-8-10-23-11-9-19/h2-7,12H,8-11H2,1H3,(H,18,20)/b3-2+,5-4+. The number of nitrogens with one attached hydrogen (secondary N) is 1. The lowest BCUT2D eigenvalue weighted by atomic mass is 10.3. The summed E-state index contributed by atoms with van der Waals surface area (Å²) in [5.41, 5.74) is 0.362. The average molecular weight is 371 g/mol. The maximum Gasteiger partial charge on any atom is 0.248 e. The van der Waals surface area contributed by atoms with Crippen LogP contribution in [0.4, 0.5) is 5.69 Å². The summed E-state index contributed by atoms with van der Waals surface area (Å²) in [7, 11) is -3.73. The number of sulfonamides is 1. The Bertz CT molecular complexity index is 753. The summed E-state index contributed by atoms with van der Waals surface area (Å²) < 4.78 is 31.9. The lowest BCUT2D eigenvalue weighted by Gasteiger charge is -2.26. The summed E-state index contributed by atoms with van der Waals surface area (Å²) in [5.74, 6) is -0.356. The van der Waals surface area contributed by atoms with Crippen LogP contribution < -0.4 is 5.32 Å². The van der Waals surface area contributed by atoms with Gasteiger partial charge in [0, 0.05) is 24.9 Å². The highest BCUT2D eigenvalue weighted by Crippen LogP contribution is 2.28. The Kier molecular flexibility index (Phi) is 6.56. The van der Waals surface area contributed by atoms with Crippen molar-refractivity contribution in [3.63, 3.8) is 0 Å². The van der Waals surface area contributed by atoms with Crippen molar-refractivity contribution in [1.29, 1.82) is 0 Å². The molecule has 0 aromatic heterocycles. The first-order valence-electron chi connectivity index (χ1n) is 7.43. The third kappa shape index (κ3) is 4.67. The minimum absolute atomic E-state index is 0.0266. The van der Waals surface area contributed by atoms with Crippen LogP contribution >= 0.6 is 11.6 Å². The Labute approximate surface area is 146 Å². The third-order valence-electron chi connectivity index (χ3n) is 3.34. The molecule has 2 rings (SSSR count). The van der Waals surface area contributed by atoms with Crippen molar-refractivity contribution >= 4 is 33.2 Å². The highest BCUT2D eigenvalue weighted by Gasteiger charge is 2.28. The van der Waals surface area contributed by atoms with Gasteiger partial charge in [0.15, 0.2) is 0 Å². The maximum absolute atomic E-state index is 12.7. The van der Waals surface area contributed by atoms with Gasteiger partial charge in [0.25, 0.3) is 0 Å². The van der Waals surface area contributed by atoms with E-state index in [1.807, 2.05) is 6.92 Å². The fourth-order valence-corrected chi connectivity index (χ4v) is 4.05. The molecule has 0 aliphatic carbocycles. The molecule has 1 heterocycles. The Morgan fingerprint density at radius 2 is 2.00 bits per heavy atom. The summed E-state index contributed by atoms with van der Waals surface area (Å²) in [6.45, 7) is 3.10. The zero-order valence-corrected chi connectivity index (χ0v) is 14.8. The second-order valence-electron chi connectivity index (χ2n) is 5.04. The molecule has 1 saturated heterocycles. The molecule has 1 aliphatic heterocycles. The summed E-state index contributed by atoms with van der Waals surface area (Å²) in [6, 6.07) is 4.39. The SMILES string of the molecule is C/C=C/C=C/C(=O)Nc1ccc(Cl)c(S(=O)(=O)N2CCOCC2)c1. The van der Waals surface area contributed by atoms with Crippen molar-refractivity contribution in [3.05, 3.63) is 47.5 Å². The van der Waals surface area contributed by atoms with Gasteiger partial charge in [0.1, 0.15) is 4.90 Å². The molecule has 1 aliphatic rings. The predicted molar refractivity (Wildman–Crippen MR) is 93.6 cm³/mol. The number of amides is 1. The van der Waals surface area contributed by atoms with Crippen LogP contribution in [0.3, 0.4) is 0 Å². The number of benzene rings is 1. The number of hydrogen-bond donors (Lipinski definition) is 1. The van der Waals surface area contributed by atoms with Gasteiger partial charge in [0.05, 0.1) is 18.2 Å². The number of hydrogen-bond acceptors (Lipinski definition) is 4. The second-order valence-corrected chi connectivity index (χ2v) is 7.35. The van der Waals surface area contributed by atoms with E-state index in [0.29, 0.717) is 18.9 Å². The number of carbonyl (C=O) groups excluding carboxylic acids is 1. The lowest BCUT2D eigenvalue weighted by Crippen LogP contribution is -2.40. The Balaban J connectivity index is 2.23. The number of halogens is 1. The first kappa shape index (κ1) is 18.7. The van der Waals surface area contributed by atoms with E-state index in [9.17, 15) is 13.2 Å². The number of allylic oxidation sites excluding steroid dienone is 3. The third-order valence-corrected chi connectivity index (χ3v) is 5.72. The van der Waals surface area contributed by atoms with Crippen molar-refractivity contribution in [2.24, 2.45) is 0 Å². The molecule has 24 heavy (non-hydrogen) atoms. The molecule has 0 spiro atoms. The van der Waals surface area contributed by atoms with E-state index in [0.717, 1.165) is 0 Å². The molecule has 1 aromatic rings. The average Bonchev–Trinajstić information content (AvgIpc) is 2.57. The normalized spacial score (nSPS) is 16.8. The minimum Gasteiger partial charge on any atom is -0.379 e. The van der Waals surface area contributed by atoms with Gasteiger partial charge in [-0.1, -0.05) is 29.8 Å². The van der Waals surface area contributed by atoms with E-state index in [1.54, 1.807) is 24.3 Å². The Hall–Kier alpha value is -1.67. The van der Waals surface area contributed by atoms with E-state index in [1.165, 1.54) is 22.5 Å². The number of anilines is 1. The quantitative estimate of drug-likeness (QED) is 0.638. The molecule has 0 radical (unpaired) electrons. The van der Waals surface area contributed by atoms with Gasteiger partial charge in [-0.15, -0.1) is 0 Å². The highest BCUT2D eigenvalue weighted by molar-refractivity contribution is 7.89. The van der Waals surface area contributed by atoms with Crippen LogP contribution in [0.2, 0.25) is 5.02 Å². The predicted octanol–water partition coefficient (Wildman–Crippen LogP) is 2.43. The van der Waals surface area contributed by atoms with E-state index in [-0.39, 0.29) is 28.9 Å². The van der Waals surface area contributed by atoms with Gasteiger partial charge < -0.3 is 10.1 Å². The lowest BCUT2D eigenvalue weighted by molar-refractivity contribution is -0.111. The van der Waals surface area contributed by atoms with Crippen LogP contribution in [0.15, 0.2) is 47.4 Å². The molecule has 0 atom stereocenters. The van der Waals surface area contributed by atoms with Gasteiger partial charge in [0.2, 0.25) is 15.9 Å². The number of rotatable bonds is 5. The number of nitrogens with zero attached hydrogens (tertiary/aromatic N) is 1. The van der Waals surface area contributed by atoms with Crippen molar-refractivity contribution in [1.82, 2.24) is 4.31 Å². The van der Waals surface area contributed by atoms with E-state index in [2.05, 4.69) is 5.32 Å². The van der Waals surface area contributed by atoms with Crippen molar-refractivity contribution in [2.45, 2.75) is 11.8 Å². The molecule has 1 fully saturated rings. The maximum atomic E-state index is 12.7. The van der Waals surface area contributed by atoms with E-state index < -0.39 is 10.0 Å². The molecule has 130 valence electrons. The molecule has 1 amide bonds. The zero-order valence-electron chi connectivity index (χ0n) is 13.2. The number of morpholine rings is 1. The highest BCUT2D eigenvalue weighted by atomic mass is 35.5. The van der Waals surface area contributed by atoms with Crippen LogP contribution in [0.1, 0.15) is 6.92 Å². The number of ether oxygens (including phenoxy) is 1. The van der Waals surface area contributed by atoms with Crippen LogP contribution in [0.5, 0.6) is 0 Å². The number of carbonyl (C=O) groups is 1. The van der Waals surface area contributed by atoms with Crippen molar-refractivity contribution < 1.29 is 17.9 Å². The van der Waals surface area contributed by atoms with Crippen LogP contribution in [0.25, 0.3) is 0 Å². The van der Waals surface area contributed by atoms with Crippen LogP contribution in [-0.4, -0.2) is 44.9 Å². The molecule has 1 aromatic carbocycles. The first-order valence-corrected chi connectivity index (χ1v) is 9.25. The van der Waals surface area contributed by atoms with Gasteiger partial charge in [-0.2, -0.15) is 4.31 Å². The fourth-order valence-electron chi connectivity index (χ4n) is 2.14. The zero-order chi connectivity index (χ0) is 17.6. The van der Waals surface area contributed by atoms with Crippen molar-refractivity contribution in [2.75, 3.05) is 31.6 Å². The summed E-state index contributed by atoms with van der Waals surface area (Å²) in [5, 5.41) is 2.73. The van der Waals surface area contributed by atoms with Crippen LogP contribution in [0, 0.1) is 0 Å². The topological polar surface area (TPSA) is 75.7 Å². The summed E-state index contributed by atoms with van der Waals surface area (Å²) in [4.78, 5) is 11.8. The van der Waals surface area contributed by atoms with Gasteiger partial charge in [-0.25, -0.2) is 8.42 Å². The van der Waals surface area contributed by atoms with Gasteiger partial charge in [-0.3, -0.25) is 4.79 Å². The van der Waals surface area contributed by atoms with E-state index in [4.69, 9.17) is 16.3 Å². The van der Waals surface area contributed by atoms with E-state index >= 15 is 0 Å². The monoisotopic (exact) mass is 370 g/mol. The first-order chi connectivity index (χ1) is 11.4. The Morgan fingerprint density at radius 3 is 2.67 bits per heavy atom. The van der Waals surface area contributed by atoms with Gasteiger partial charge >= 0.3 is 0 Å². The minimum atomic E-state index is -3.73. The smallest absolute Gasteiger partial charge is 0.248 e. The summed E-state index contributed by atoms with van der Waals surface area (Å²) in [6.07, 6.45) is 6.45. The molecule has 0 bridgehead atoms. The second kappa shape index (κ2) is 8.43. The molecular formula is C16H19ClN2O4S. The van der Waals surface area contributed by atoms with Gasteiger partial charge in [-0.05, 0) is 25.1 Å². The van der Waals surface area contributed by atoms with Crippen LogP contribution in [-0.2, 0) is 19.6 Å². The fraction of sp³-hybridized carbons (Fsp3) is 0.312. The molecule has 6 nitrogen and oxygen atoms in total. The molecule has 0 unspecified atom stereocenters. The van der Waals surface area contributed by atoms with Crippen molar-refractivity contribution in [3.8, 4) is 0 Å². The summed E-state index contributed by atoms with van der Waals surface area (Å²) >= 11 is 6.07. The Morgan fingerprint density at radius 1 is 1.29 bits per heavy atom. The molecule has 0 saturated carbocycles. The molecule has 8 heteroatoms. The largest absolute Gasteiger partial charge is 0.379 e. The molecular weight excluding hydrogens is 352 g/mol.